The third-order valence-electron chi connectivity index (χ3n) is 3.67. The number of nitrogens with zero attached hydrogens (tertiary/aromatic N) is 1. The Labute approximate surface area is 156 Å². The van der Waals surface area contributed by atoms with Crippen LogP contribution in [0.3, 0.4) is 0 Å². The van der Waals surface area contributed by atoms with E-state index in [0.717, 1.165) is 12.1 Å². The highest BCUT2D eigenvalue weighted by molar-refractivity contribution is 7.89. The van der Waals surface area contributed by atoms with Crippen LogP contribution in [0.2, 0.25) is 5.02 Å². The lowest BCUT2D eigenvalue weighted by Gasteiger charge is -2.09. The van der Waals surface area contributed by atoms with Crippen molar-refractivity contribution in [3.8, 4) is 0 Å². The second-order valence-corrected chi connectivity index (χ2v) is 7.68. The first-order chi connectivity index (χ1) is 12.7. The first kappa shape index (κ1) is 18.8. The van der Waals surface area contributed by atoms with Gasteiger partial charge in [-0.1, -0.05) is 17.7 Å². The van der Waals surface area contributed by atoms with E-state index in [0.29, 0.717) is 0 Å². The summed E-state index contributed by atoms with van der Waals surface area (Å²) in [5.41, 5.74) is -2.12. The number of benzene rings is 2. The average Bonchev–Trinajstić information content (AvgIpc) is 2.60. The van der Waals surface area contributed by atoms with Crippen molar-refractivity contribution in [2.45, 2.75) is 11.4 Å². The van der Waals surface area contributed by atoms with Crippen molar-refractivity contribution in [1.82, 2.24) is 14.7 Å². The predicted octanol–water partition coefficient (Wildman–Crippen LogP) is 1.26. The molecule has 0 radical (unpaired) electrons. The Morgan fingerprint density at radius 1 is 1.11 bits per heavy atom. The van der Waals surface area contributed by atoms with Gasteiger partial charge in [-0.2, -0.15) is 0 Å². The number of non-ortho nitro benzene ring substituents is 1. The van der Waals surface area contributed by atoms with E-state index < -0.39 is 26.1 Å². The number of nitrogens with one attached hydrogen (secondary N) is 3. The van der Waals surface area contributed by atoms with Gasteiger partial charge in [0.25, 0.3) is 5.69 Å². The molecule has 3 N–H and O–H groups in total. The molecular weight excluding hydrogens is 400 g/mol. The highest BCUT2D eigenvalue weighted by atomic mass is 35.5. The number of hydrogen-bond donors (Lipinski definition) is 3. The van der Waals surface area contributed by atoms with Gasteiger partial charge in [-0.25, -0.2) is 13.1 Å². The number of rotatable bonds is 5. The number of H-pyrrole nitrogens is 2. The molecule has 0 unspecified atom stereocenters. The zero-order chi connectivity index (χ0) is 19.8. The average molecular weight is 411 g/mol. The summed E-state index contributed by atoms with van der Waals surface area (Å²) in [6, 6.07) is 7.73. The molecule has 1 heterocycles. The van der Waals surface area contributed by atoms with Crippen molar-refractivity contribution in [2.24, 2.45) is 0 Å². The zero-order valence-corrected chi connectivity index (χ0v) is 14.9. The summed E-state index contributed by atoms with van der Waals surface area (Å²) >= 11 is 5.79. The van der Waals surface area contributed by atoms with Gasteiger partial charge in [0, 0.05) is 23.7 Å². The number of aromatic nitrogens is 2. The maximum Gasteiger partial charge on any atom is 0.314 e. The zero-order valence-electron chi connectivity index (χ0n) is 13.4. The molecule has 1 aromatic heterocycles. The van der Waals surface area contributed by atoms with Crippen LogP contribution in [-0.2, 0) is 16.6 Å². The van der Waals surface area contributed by atoms with Crippen molar-refractivity contribution in [3.63, 3.8) is 0 Å². The molecule has 0 amide bonds. The standard InChI is InChI=1S/C15H11ClN4O6S/c16-9-2-1-3-11(5-9)27(25,26)17-7-8-4-10(20(23)24)6-12-13(8)19-15(22)14(21)18-12/h1-6,17H,7H2,(H,18,21)(H,19,22). The molecule has 0 spiro atoms. The van der Waals surface area contributed by atoms with Gasteiger partial charge in [0.1, 0.15) is 0 Å². The molecule has 0 saturated heterocycles. The lowest BCUT2D eigenvalue weighted by molar-refractivity contribution is -0.384. The normalized spacial score (nSPS) is 11.6. The van der Waals surface area contributed by atoms with Gasteiger partial charge in [0.2, 0.25) is 10.0 Å². The molecule has 12 heteroatoms. The fourth-order valence-corrected chi connectivity index (χ4v) is 3.72. The Hall–Kier alpha value is -3.02. The first-order valence-electron chi connectivity index (χ1n) is 7.36. The molecule has 0 atom stereocenters. The Bertz CT molecular complexity index is 1280. The summed E-state index contributed by atoms with van der Waals surface area (Å²) in [5, 5.41) is 11.3. The first-order valence-corrected chi connectivity index (χ1v) is 9.22. The van der Waals surface area contributed by atoms with Crippen molar-refractivity contribution in [3.05, 3.63) is 77.8 Å². The van der Waals surface area contributed by atoms with E-state index >= 15 is 0 Å². The lowest BCUT2D eigenvalue weighted by atomic mass is 10.1. The quantitative estimate of drug-likeness (QED) is 0.326. The van der Waals surface area contributed by atoms with E-state index in [1.807, 2.05) is 0 Å². The molecule has 140 valence electrons. The molecule has 2 aromatic carbocycles. The number of sulfonamides is 1. The van der Waals surface area contributed by atoms with E-state index in [9.17, 15) is 28.1 Å². The second kappa shape index (κ2) is 6.95. The largest absolute Gasteiger partial charge is 0.316 e. The van der Waals surface area contributed by atoms with E-state index in [-0.39, 0.29) is 38.7 Å². The molecule has 0 fully saturated rings. The van der Waals surface area contributed by atoms with Gasteiger partial charge in [0.15, 0.2) is 0 Å². The van der Waals surface area contributed by atoms with Crippen LogP contribution in [0, 0.1) is 10.1 Å². The maximum atomic E-state index is 12.4. The Morgan fingerprint density at radius 3 is 2.48 bits per heavy atom. The van der Waals surface area contributed by atoms with Crippen LogP contribution in [0.1, 0.15) is 5.56 Å². The third-order valence-corrected chi connectivity index (χ3v) is 5.30. The maximum absolute atomic E-state index is 12.4. The van der Waals surface area contributed by atoms with Crippen molar-refractivity contribution in [2.75, 3.05) is 0 Å². The number of hydrogen-bond acceptors (Lipinski definition) is 6. The Morgan fingerprint density at radius 2 is 1.81 bits per heavy atom. The van der Waals surface area contributed by atoms with Crippen LogP contribution in [0.25, 0.3) is 11.0 Å². The van der Waals surface area contributed by atoms with Crippen LogP contribution >= 0.6 is 11.6 Å². The number of aromatic amines is 2. The molecule has 0 bridgehead atoms. The molecule has 0 aliphatic rings. The summed E-state index contributed by atoms with van der Waals surface area (Å²) in [7, 11) is -3.97. The highest BCUT2D eigenvalue weighted by Crippen LogP contribution is 2.22. The summed E-state index contributed by atoms with van der Waals surface area (Å²) in [4.78, 5) is 37.9. The fraction of sp³-hybridized carbons (Fsp3) is 0.0667. The molecule has 27 heavy (non-hydrogen) atoms. The SMILES string of the molecule is O=c1[nH]c2cc([N+](=O)[O-])cc(CNS(=O)(=O)c3cccc(Cl)c3)c2[nH]c1=O. The van der Waals surface area contributed by atoms with Crippen molar-refractivity contribution >= 4 is 38.3 Å². The van der Waals surface area contributed by atoms with E-state index in [1.165, 1.54) is 24.3 Å². The minimum absolute atomic E-state index is 0.00533. The topological polar surface area (TPSA) is 155 Å². The number of nitro groups is 1. The van der Waals surface area contributed by atoms with Crippen molar-refractivity contribution in [1.29, 1.82) is 0 Å². The smallest absolute Gasteiger partial charge is 0.314 e. The fourth-order valence-electron chi connectivity index (χ4n) is 2.42. The second-order valence-electron chi connectivity index (χ2n) is 5.47. The minimum atomic E-state index is -3.97. The molecule has 0 aliphatic heterocycles. The van der Waals surface area contributed by atoms with Gasteiger partial charge >= 0.3 is 11.1 Å². The predicted molar refractivity (Wildman–Crippen MR) is 97.3 cm³/mol. The monoisotopic (exact) mass is 410 g/mol. The van der Waals surface area contributed by atoms with E-state index in [4.69, 9.17) is 11.6 Å². The highest BCUT2D eigenvalue weighted by Gasteiger charge is 2.18. The molecule has 3 rings (SSSR count). The molecule has 10 nitrogen and oxygen atoms in total. The molecule has 0 aliphatic carbocycles. The number of nitro benzene ring substituents is 1. The van der Waals surface area contributed by atoms with Crippen LogP contribution in [0.4, 0.5) is 5.69 Å². The Balaban J connectivity index is 2.05. The van der Waals surface area contributed by atoms with Crippen LogP contribution in [0.5, 0.6) is 0 Å². The van der Waals surface area contributed by atoms with Gasteiger partial charge in [-0.15, -0.1) is 0 Å². The number of fused-ring (bicyclic) bond motifs is 1. The van der Waals surface area contributed by atoms with Gasteiger partial charge < -0.3 is 9.97 Å². The summed E-state index contributed by atoms with van der Waals surface area (Å²) in [6.45, 7) is -0.366. The summed E-state index contributed by atoms with van der Waals surface area (Å²) in [5.74, 6) is 0. The van der Waals surface area contributed by atoms with E-state index in [1.54, 1.807) is 0 Å². The minimum Gasteiger partial charge on any atom is -0.316 e. The number of halogens is 1. The Kier molecular flexibility index (Phi) is 4.83. The molecular formula is C15H11ClN4O6S. The van der Waals surface area contributed by atoms with Crippen LogP contribution in [0.15, 0.2) is 50.9 Å². The summed E-state index contributed by atoms with van der Waals surface area (Å²) in [6.07, 6.45) is 0. The molecule has 0 saturated carbocycles. The van der Waals surface area contributed by atoms with Gasteiger partial charge in [-0.05, 0) is 23.8 Å². The summed E-state index contributed by atoms with van der Waals surface area (Å²) < 4.78 is 27.1. The lowest BCUT2D eigenvalue weighted by Crippen LogP contribution is -2.30. The third kappa shape index (κ3) is 3.89. The molecule has 3 aromatic rings. The van der Waals surface area contributed by atoms with Crippen LogP contribution in [-0.4, -0.2) is 23.3 Å². The van der Waals surface area contributed by atoms with E-state index in [2.05, 4.69) is 14.7 Å². The van der Waals surface area contributed by atoms with Gasteiger partial charge in [0.05, 0.1) is 20.9 Å². The van der Waals surface area contributed by atoms with Crippen LogP contribution < -0.4 is 15.8 Å². The van der Waals surface area contributed by atoms with Gasteiger partial charge in [-0.3, -0.25) is 19.7 Å². The van der Waals surface area contributed by atoms with Crippen molar-refractivity contribution < 1.29 is 13.3 Å².